The smallest absolute Gasteiger partial charge is 0.0532 e. The molecular weight excluding hydrogens is 465 g/mol. The summed E-state index contributed by atoms with van der Waals surface area (Å²) in [4.78, 5) is 5.75. The molecule has 0 aliphatic heterocycles. The summed E-state index contributed by atoms with van der Waals surface area (Å²) in [5.74, 6) is 0. The zero-order valence-corrected chi connectivity index (χ0v) is 22.4. The fourth-order valence-corrected chi connectivity index (χ4v) is 8.24. The number of hydrogen-bond acceptors (Lipinski definition) is 4. The predicted octanol–water partition coefficient (Wildman–Crippen LogP) is 11.4. The van der Waals surface area contributed by atoms with Gasteiger partial charge in [-0.25, -0.2) is 0 Å². The molecule has 0 saturated heterocycles. The first-order valence-electron chi connectivity index (χ1n) is 12.1. The molecule has 0 aliphatic rings. The standard InChI is InChI=1S/C28H34S4/c1-2-3-4-5-6-7-8-9-10-11-13-22-15-19-30-26(22)28-24(17-21-32-28)27-23(16-20-31-27)25-14-12-18-29-25/h12,14-21H,2-11,13H2,1H3. The molecular formula is C28H34S4. The van der Waals surface area contributed by atoms with Gasteiger partial charge >= 0.3 is 0 Å². The lowest BCUT2D eigenvalue weighted by molar-refractivity contribution is 0.556. The maximum absolute atomic E-state index is 2.37. The second kappa shape index (κ2) is 12.9. The molecule has 0 spiro atoms. The van der Waals surface area contributed by atoms with E-state index in [1.807, 2.05) is 45.3 Å². The summed E-state index contributed by atoms with van der Waals surface area (Å²) in [6.07, 6.45) is 15.2. The molecule has 0 aromatic carbocycles. The summed E-state index contributed by atoms with van der Waals surface area (Å²) in [6, 6.07) is 11.4. The van der Waals surface area contributed by atoms with Gasteiger partial charge in [-0.2, -0.15) is 0 Å². The van der Waals surface area contributed by atoms with E-state index in [0.29, 0.717) is 0 Å². The third-order valence-electron chi connectivity index (χ3n) is 6.11. The first-order chi connectivity index (χ1) is 15.9. The number of unbranched alkanes of at least 4 members (excludes halogenated alkanes) is 9. The lowest BCUT2D eigenvalue weighted by Gasteiger charge is -2.07. The largest absolute Gasteiger partial charge is 0.144 e. The molecule has 4 heterocycles. The van der Waals surface area contributed by atoms with Crippen molar-refractivity contribution in [1.29, 1.82) is 0 Å². The van der Waals surface area contributed by atoms with Crippen molar-refractivity contribution in [2.75, 3.05) is 0 Å². The topological polar surface area (TPSA) is 0 Å². The van der Waals surface area contributed by atoms with Crippen molar-refractivity contribution in [3.8, 4) is 30.6 Å². The van der Waals surface area contributed by atoms with Crippen molar-refractivity contribution < 1.29 is 0 Å². The van der Waals surface area contributed by atoms with Gasteiger partial charge in [0.1, 0.15) is 0 Å². The molecule has 0 unspecified atom stereocenters. The van der Waals surface area contributed by atoms with Crippen LogP contribution in [-0.2, 0) is 6.42 Å². The highest BCUT2D eigenvalue weighted by Gasteiger charge is 2.18. The van der Waals surface area contributed by atoms with Crippen LogP contribution < -0.4 is 0 Å². The molecule has 0 bridgehead atoms. The number of rotatable bonds is 14. The molecule has 4 aromatic rings. The second-order valence-corrected chi connectivity index (χ2v) is 12.2. The predicted molar refractivity (Wildman–Crippen MR) is 150 cm³/mol. The minimum atomic E-state index is 1.22. The molecule has 0 atom stereocenters. The van der Waals surface area contributed by atoms with Crippen molar-refractivity contribution in [3.05, 3.63) is 57.4 Å². The first-order valence-corrected chi connectivity index (χ1v) is 15.7. The highest BCUT2D eigenvalue weighted by Crippen LogP contribution is 2.47. The molecule has 4 aromatic heterocycles. The average Bonchev–Trinajstić information content (AvgIpc) is 3.61. The van der Waals surface area contributed by atoms with Gasteiger partial charge in [0.25, 0.3) is 0 Å². The van der Waals surface area contributed by atoms with Gasteiger partial charge in [0.2, 0.25) is 0 Å². The third-order valence-corrected chi connectivity index (χ3v) is 10.0. The number of aryl methyl sites for hydroxylation is 1. The van der Waals surface area contributed by atoms with Crippen molar-refractivity contribution in [2.45, 2.75) is 77.6 Å². The Labute approximate surface area is 210 Å². The molecule has 0 aliphatic carbocycles. The minimum absolute atomic E-state index is 1.22. The summed E-state index contributed by atoms with van der Waals surface area (Å²) >= 11 is 7.54. The Balaban J connectivity index is 1.33. The molecule has 0 radical (unpaired) electrons. The van der Waals surface area contributed by atoms with Gasteiger partial charge in [-0.1, -0.05) is 70.8 Å². The van der Waals surface area contributed by atoms with Crippen molar-refractivity contribution in [3.63, 3.8) is 0 Å². The number of hydrogen-bond donors (Lipinski definition) is 0. The van der Waals surface area contributed by atoms with Gasteiger partial charge in [0.15, 0.2) is 0 Å². The lowest BCUT2D eigenvalue weighted by atomic mass is 10.0. The van der Waals surface area contributed by atoms with Crippen molar-refractivity contribution in [2.24, 2.45) is 0 Å². The fraction of sp³-hybridized carbons (Fsp3) is 0.429. The van der Waals surface area contributed by atoms with E-state index in [2.05, 4.69) is 58.8 Å². The van der Waals surface area contributed by atoms with Crippen LogP contribution in [0.1, 0.15) is 76.7 Å². The lowest BCUT2D eigenvalue weighted by Crippen LogP contribution is -1.87. The maximum atomic E-state index is 2.37. The summed E-state index contributed by atoms with van der Waals surface area (Å²) in [7, 11) is 0. The molecule has 0 amide bonds. The molecule has 4 heteroatoms. The van der Waals surface area contributed by atoms with Crippen LogP contribution in [0.4, 0.5) is 0 Å². The number of thiophene rings is 4. The van der Waals surface area contributed by atoms with E-state index in [-0.39, 0.29) is 0 Å². The van der Waals surface area contributed by atoms with Gasteiger partial charge in [-0.05, 0) is 64.2 Å². The molecule has 0 N–H and O–H groups in total. The van der Waals surface area contributed by atoms with E-state index in [1.54, 1.807) is 5.56 Å². The Morgan fingerprint density at radius 3 is 1.88 bits per heavy atom. The Bertz CT molecular complexity index is 1030. The van der Waals surface area contributed by atoms with Crippen LogP contribution in [0.25, 0.3) is 30.6 Å². The SMILES string of the molecule is CCCCCCCCCCCCc1ccsc1-c1sccc1-c1sccc1-c1cccs1. The summed E-state index contributed by atoms with van der Waals surface area (Å²) in [5.41, 5.74) is 4.35. The van der Waals surface area contributed by atoms with E-state index >= 15 is 0 Å². The Morgan fingerprint density at radius 1 is 0.531 bits per heavy atom. The van der Waals surface area contributed by atoms with Crippen LogP contribution >= 0.6 is 45.3 Å². The molecule has 0 saturated carbocycles. The van der Waals surface area contributed by atoms with Gasteiger partial charge in [-0.3, -0.25) is 0 Å². The normalized spacial score (nSPS) is 11.4. The zero-order valence-electron chi connectivity index (χ0n) is 19.1. The van der Waals surface area contributed by atoms with E-state index < -0.39 is 0 Å². The van der Waals surface area contributed by atoms with Gasteiger partial charge in [0, 0.05) is 25.8 Å². The molecule has 0 fully saturated rings. The minimum Gasteiger partial charge on any atom is -0.144 e. The molecule has 170 valence electrons. The van der Waals surface area contributed by atoms with E-state index in [4.69, 9.17) is 0 Å². The molecule has 4 rings (SSSR count). The van der Waals surface area contributed by atoms with Crippen LogP contribution in [0.3, 0.4) is 0 Å². The van der Waals surface area contributed by atoms with Crippen LogP contribution in [0, 0.1) is 0 Å². The van der Waals surface area contributed by atoms with E-state index in [1.165, 1.54) is 101 Å². The van der Waals surface area contributed by atoms with Crippen molar-refractivity contribution in [1.82, 2.24) is 0 Å². The van der Waals surface area contributed by atoms with Gasteiger partial charge in [0.05, 0.1) is 4.88 Å². The highest BCUT2D eigenvalue weighted by molar-refractivity contribution is 7.22. The van der Waals surface area contributed by atoms with Crippen LogP contribution in [0.2, 0.25) is 0 Å². The van der Waals surface area contributed by atoms with Crippen LogP contribution in [0.15, 0.2) is 51.9 Å². The van der Waals surface area contributed by atoms with Crippen LogP contribution in [0.5, 0.6) is 0 Å². The first kappa shape index (κ1) is 23.9. The van der Waals surface area contributed by atoms with Crippen molar-refractivity contribution >= 4 is 45.3 Å². The van der Waals surface area contributed by atoms with Crippen LogP contribution in [-0.4, -0.2) is 0 Å². The Hall–Kier alpha value is -1.20. The second-order valence-electron chi connectivity index (χ2n) is 8.51. The highest BCUT2D eigenvalue weighted by atomic mass is 32.1. The van der Waals surface area contributed by atoms with Gasteiger partial charge < -0.3 is 0 Å². The Morgan fingerprint density at radius 2 is 1.16 bits per heavy atom. The Kier molecular flexibility index (Phi) is 9.64. The fourth-order valence-electron chi connectivity index (χ4n) is 4.34. The van der Waals surface area contributed by atoms with Gasteiger partial charge in [-0.15, -0.1) is 45.3 Å². The molecule has 32 heavy (non-hydrogen) atoms. The monoisotopic (exact) mass is 498 g/mol. The average molecular weight is 499 g/mol. The third kappa shape index (κ3) is 6.22. The molecule has 0 nitrogen and oxygen atoms in total. The summed E-state index contributed by atoms with van der Waals surface area (Å²) in [6.45, 7) is 2.29. The quantitative estimate of drug-likeness (QED) is 0.152. The maximum Gasteiger partial charge on any atom is 0.0532 e. The summed E-state index contributed by atoms with van der Waals surface area (Å²) < 4.78 is 0. The summed E-state index contributed by atoms with van der Waals surface area (Å²) in [5, 5.41) is 8.98. The van der Waals surface area contributed by atoms with E-state index in [0.717, 1.165) is 0 Å². The van der Waals surface area contributed by atoms with E-state index in [9.17, 15) is 0 Å². The zero-order chi connectivity index (χ0) is 22.0.